The lowest BCUT2D eigenvalue weighted by molar-refractivity contribution is 0.319. The Hall–Kier alpha value is -1.12. The number of aromatic nitrogens is 1. The normalized spacial score (nSPS) is 11.5. The van der Waals surface area contributed by atoms with Crippen LogP contribution in [-0.4, -0.2) is 11.6 Å². The number of halogens is 1. The quantitative estimate of drug-likeness (QED) is 0.680. The molecule has 0 radical (unpaired) electrons. The van der Waals surface area contributed by atoms with E-state index in [1.807, 2.05) is 27.7 Å². The lowest BCUT2D eigenvalue weighted by Crippen LogP contribution is -2.14. The molecule has 14 heavy (non-hydrogen) atoms. The van der Waals surface area contributed by atoms with Crippen LogP contribution in [0.25, 0.3) is 0 Å². The van der Waals surface area contributed by atoms with Gasteiger partial charge in [-0.15, -0.1) is 0 Å². The van der Waals surface area contributed by atoms with E-state index in [0.717, 1.165) is 0 Å². The predicted octanol–water partition coefficient (Wildman–Crippen LogP) is 2.92. The molecule has 78 valence electrons. The van der Waals surface area contributed by atoms with E-state index >= 15 is 0 Å². The molecule has 0 saturated carbocycles. The van der Waals surface area contributed by atoms with Gasteiger partial charge in [-0.1, -0.05) is 20.8 Å². The Morgan fingerprint density at radius 3 is 2.43 bits per heavy atom. The van der Waals surface area contributed by atoms with Crippen molar-refractivity contribution in [3.63, 3.8) is 0 Å². The van der Waals surface area contributed by atoms with Gasteiger partial charge in [0.15, 0.2) is 0 Å². The predicted molar refractivity (Wildman–Crippen MR) is 54.1 cm³/mol. The number of rotatable bonds is 2. The van der Waals surface area contributed by atoms with Crippen LogP contribution in [0.15, 0.2) is 12.1 Å². The lowest BCUT2D eigenvalue weighted by atomic mass is 9.88. The third kappa shape index (κ3) is 2.44. The second kappa shape index (κ2) is 3.95. The van der Waals surface area contributed by atoms with Crippen LogP contribution in [-0.2, 0) is 5.41 Å². The van der Waals surface area contributed by atoms with Gasteiger partial charge in [0.1, 0.15) is 0 Å². The zero-order valence-corrected chi connectivity index (χ0v) is 9.10. The average Bonchev–Trinajstić information content (AvgIpc) is 2.02. The molecule has 0 aromatic carbocycles. The van der Waals surface area contributed by atoms with Crippen molar-refractivity contribution in [3.05, 3.63) is 23.6 Å². The van der Waals surface area contributed by atoms with E-state index in [4.69, 9.17) is 4.74 Å². The summed E-state index contributed by atoms with van der Waals surface area (Å²) in [5, 5.41) is 0. The van der Waals surface area contributed by atoms with Crippen molar-refractivity contribution in [1.29, 1.82) is 0 Å². The molecule has 1 aromatic rings. The van der Waals surface area contributed by atoms with Crippen molar-refractivity contribution in [2.24, 2.45) is 0 Å². The van der Waals surface area contributed by atoms with Crippen molar-refractivity contribution in [3.8, 4) is 5.88 Å². The van der Waals surface area contributed by atoms with Crippen LogP contribution in [0.4, 0.5) is 4.39 Å². The summed E-state index contributed by atoms with van der Waals surface area (Å²) in [6.45, 7) is 8.20. The van der Waals surface area contributed by atoms with E-state index in [1.54, 1.807) is 12.1 Å². The van der Waals surface area contributed by atoms with E-state index in [-0.39, 0.29) is 5.41 Å². The van der Waals surface area contributed by atoms with Gasteiger partial charge in [0.2, 0.25) is 11.8 Å². The van der Waals surface area contributed by atoms with Gasteiger partial charge in [-0.3, -0.25) is 0 Å². The summed E-state index contributed by atoms with van der Waals surface area (Å²) in [5.74, 6) is -0.0959. The smallest absolute Gasteiger partial charge is 0.219 e. The van der Waals surface area contributed by atoms with Crippen molar-refractivity contribution in [2.45, 2.75) is 33.1 Å². The van der Waals surface area contributed by atoms with Crippen LogP contribution in [0.2, 0.25) is 0 Å². The molecule has 0 amide bonds. The molecule has 0 bridgehead atoms. The minimum atomic E-state index is -0.441. The first-order valence-electron chi connectivity index (χ1n) is 4.75. The Balaban J connectivity index is 3.02. The van der Waals surface area contributed by atoms with Gasteiger partial charge in [-0.05, 0) is 18.4 Å². The average molecular weight is 197 g/mol. The van der Waals surface area contributed by atoms with Crippen LogP contribution in [0.3, 0.4) is 0 Å². The topological polar surface area (TPSA) is 22.1 Å². The van der Waals surface area contributed by atoms with E-state index < -0.39 is 5.95 Å². The molecule has 0 aliphatic carbocycles. The lowest BCUT2D eigenvalue weighted by Gasteiger charge is -2.19. The molecule has 0 N–H and O–H groups in total. The number of pyridine rings is 1. The molecule has 0 aliphatic heterocycles. The minimum Gasteiger partial charge on any atom is -0.478 e. The maximum atomic E-state index is 13.5. The molecule has 2 nitrogen and oxygen atoms in total. The molecule has 3 heteroatoms. The van der Waals surface area contributed by atoms with Gasteiger partial charge in [0.25, 0.3) is 0 Å². The SMILES string of the molecule is CCOc1ccc(C(C)(C)C)c(F)n1. The zero-order chi connectivity index (χ0) is 10.8. The summed E-state index contributed by atoms with van der Waals surface area (Å²) in [6, 6.07) is 3.43. The summed E-state index contributed by atoms with van der Waals surface area (Å²) in [7, 11) is 0. The first kappa shape index (κ1) is 11.0. The summed E-state index contributed by atoms with van der Waals surface area (Å²) in [4.78, 5) is 3.74. The number of nitrogens with zero attached hydrogens (tertiary/aromatic N) is 1. The number of hydrogen-bond acceptors (Lipinski definition) is 2. The second-order valence-electron chi connectivity index (χ2n) is 4.17. The van der Waals surface area contributed by atoms with Crippen molar-refractivity contribution >= 4 is 0 Å². The standard InChI is InChI=1S/C11H16FNO/c1-5-14-9-7-6-8(10(12)13-9)11(2,3)4/h6-7H,5H2,1-4H3. The van der Waals surface area contributed by atoms with Gasteiger partial charge in [-0.2, -0.15) is 9.37 Å². The van der Waals surface area contributed by atoms with Crippen LogP contribution in [0.5, 0.6) is 5.88 Å². The fourth-order valence-electron chi connectivity index (χ4n) is 1.21. The van der Waals surface area contributed by atoms with Crippen LogP contribution >= 0.6 is 0 Å². The monoisotopic (exact) mass is 197 g/mol. The number of ether oxygens (including phenoxy) is 1. The fraction of sp³-hybridized carbons (Fsp3) is 0.545. The van der Waals surface area contributed by atoms with Crippen LogP contribution in [0, 0.1) is 5.95 Å². The van der Waals surface area contributed by atoms with Crippen molar-refractivity contribution in [1.82, 2.24) is 4.98 Å². The molecule has 0 fully saturated rings. The highest BCUT2D eigenvalue weighted by atomic mass is 19.1. The van der Waals surface area contributed by atoms with Crippen molar-refractivity contribution in [2.75, 3.05) is 6.61 Å². The van der Waals surface area contributed by atoms with E-state index in [9.17, 15) is 4.39 Å². The summed E-state index contributed by atoms with van der Waals surface area (Å²) in [6.07, 6.45) is 0. The summed E-state index contributed by atoms with van der Waals surface area (Å²) in [5.41, 5.74) is 0.392. The molecule has 0 aliphatic rings. The van der Waals surface area contributed by atoms with Gasteiger partial charge in [-0.25, -0.2) is 0 Å². The molecule has 0 atom stereocenters. The third-order valence-corrected chi connectivity index (χ3v) is 1.92. The molecule has 0 spiro atoms. The molecule has 1 rings (SSSR count). The van der Waals surface area contributed by atoms with Gasteiger partial charge in [0, 0.05) is 11.6 Å². The Kier molecular flexibility index (Phi) is 3.09. The van der Waals surface area contributed by atoms with E-state index in [0.29, 0.717) is 18.1 Å². The summed E-state index contributed by atoms with van der Waals surface area (Å²) >= 11 is 0. The van der Waals surface area contributed by atoms with Gasteiger partial charge >= 0.3 is 0 Å². The van der Waals surface area contributed by atoms with Crippen molar-refractivity contribution < 1.29 is 9.13 Å². The minimum absolute atomic E-state index is 0.220. The first-order chi connectivity index (χ1) is 6.45. The molecule has 0 unspecified atom stereocenters. The van der Waals surface area contributed by atoms with E-state index in [2.05, 4.69) is 4.98 Å². The summed E-state index contributed by atoms with van der Waals surface area (Å²) < 4.78 is 18.6. The zero-order valence-electron chi connectivity index (χ0n) is 9.10. The van der Waals surface area contributed by atoms with Gasteiger partial charge < -0.3 is 4.74 Å². The molecule has 1 aromatic heterocycles. The maximum Gasteiger partial charge on any atom is 0.219 e. The van der Waals surface area contributed by atoms with Crippen LogP contribution < -0.4 is 4.74 Å². The Morgan fingerprint density at radius 2 is 2.00 bits per heavy atom. The Bertz CT molecular complexity index is 318. The number of hydrogen-bond donors (Lipinski definition) is 0. The molecule has 0 saturated heterocycles. The Labute approximate surface area is 84.1 Å². The Morgan fingerprint density at radius 1 is 1.36 bits per heavy atom. The van der Waals surface area contributed by atoms with Crippen LogP contribution in [0.1, 0.15) is 33.3 Å². The third-order valence-electron chi connectivity index (χ3n) is 1.92. The fourth-order valence-corrected chi connectivity index (χ4v) is 1.21. The molecular formula is C11H16FNO. The second-order valence-corrected chi connectivity index (χ2v) is 4.17. The molecular weight excluding hydrogens is 181 g/mol. The maximum absolute atomic E-state index is 13.5. The highest BCUT2D eigenvalue weighted by Crippen LogP contribution is 2.25. The van der Waals surface area contributed by atoms with Gasteiger partial charge in [0.05, 0.1) is 6.61 Å². The highest BCUT2D eigenvalue weighted by molar-refractivity contribution is 5.25. The highest BCUT2D eigenvalue weighted by Gasteiger charge is 2.19. The first-order valence-corrected chi connectivity index (χ1v) is 4.75. The van der Waals surface area contributed by atoms with E-state index in [1.165, 1.54) is 0 Å². The molecule has 1 heterocycles. The largest absolute Gasteiger partial charge is 0.478 e.